The van der Waals surface area contributed by atoms with Gasteiger partial charge in [-0.3, -0.25) is 4.79 Å². The minimum Gasteiger partial charge on any atom is -0.481 e. The van der Waals surface area contributed by atoms with Crippen LogP contribution in [0.15, 0.2) is 0 Å². The van der Waals surface area contributed by atoms with Crippen molar-refractivity contribution < 1.29 is 14.7 Å². The lowest BCUT2D eigenvalue weighted by Crippen LogP contribution is -2.51. The van der Waals surface area contributed by atoms with E-state index in [1.54, 1.807) is 11.8 Å². The van der Waals surface area contributed by atoms with Crippen molar-refractivity contribution in [2.24, 2.45) is 5.41 Å². The summed E-state index contributed by atoms with van der Waals surface area (Å²) in [6.45, 7) is 7.34. The van der Waals surface area contributed by atoms with E-state index in [4.69, 9.17) is 0 Å². The van der Waals surface area contributed by atoms with Crippen LogP contribution in [0.2, 0.25) is 0 Å². The van der Waals surface area contributed by atoms with Gasteiger partial charge in [-0.1, -0.05) is 6.92 Å². The summed E-state index contributed by atoms with van der Waals surface area (Å²) >= 11 is 0. The molecule has 0 aliphatic carbocycles. The Morgan fingerprint density at radius 3 is 2.57 bits per heavy atom. The molecule has 2 rings (SSSR count). The number of nitrogens with zero attached hydrogens (tertiary/aromatic N) is 2. The summed E-state index contributed by atoms with van der Waals surface area (Å²) in [5.41, 5.74) is -0.790. The summed E-state index contributed by atoms with van der Waals surface area (Å²) in [6, 6.07) is 0.309. The van der Waals surface area contributed by atoms with Crippen LogP contribution in [0.1, 0.15) is 39.5 Å². The van der Waals surface area contributed by atoms with Crippen LogP contribution in [0.5, 0.6) is 0 Å². The van der Waals surface area contributed by atoms with Gasteiger partial charge in [0.25, 0.3) is 0 Å². The molecule has 6 nitrogen and oxygen atoms in total. The summed E-state index contributed by atoms with van der Waals surface area (Å²) in [4.78, 5) is 27.8. The first-order valence-electron chi connectivity index (χ1n) is 7.97. The van der Waals surface area contributed by atoms with Crippen molar-refractivity contribution >= 4 is 12.0 Å². The number of amides is 2. The number of rotatable bonds is 4. The Morgan fingerprint density at radius 2 is 2.05 bits per heavy atom. The smallest absolute Gasteiger partial charge is 0.320 e. The van der Waals surface area contributed by atoms with Crippen LogP contribution in [0.25, 0.3) is 0 Å². The molecule has 0 radical (unpaired) electrons. The van der Waals surface area contributed by atoms with Gasteiger partial charge in [-0.2, -0.15) is 0 Å². The van der Waals surface area contributed by atoms with Gasteiger partial charge in [-0.25, -0.2) is 4.79 Å². The molecule has 2 heterocycles. The highest BCUT2D eigenvalue weighted by Gasteiger charge is 2.43. The average molecular weight is 297 g/mol. The van der Waals surface area contributed by atoms with E-state index >= 15 is 0 Å². The Bertz CT molecular complexity index is 396. The van der Waals surface area contributed by atoms with Gasteiger partial charge in [0.05, 0.1) is 5.41 Å². The molecule has 2 aliphatic heterocycles. The largest absolute Gasteiger partial charge is 0.481 e. The maximum Gasteiger partial charge on any atom is 0.320 e. The molecular weight excluding hydrogens is 270 g/mol. The highest BCUT2D eigenvalue weighted by atomic mass is 16.4. The zero-order chi connectivity index (χ0) is 15.5. The third-order valence-corrected chi connectivity index (χ3v) is 4.72. The number of aliphatic carboxylic acids is 1. The second kappa shape index (κ2) is 6.64. The van der Waals surface area contributed by atoms with E-state index in [1.807, 2.05) is 4.90 Å². The third-order valence-electron chi connectivity index (χ3n) is 4.72. The molecule has 0 aromatic heterocycles. The molecule has 2 aliphatic rings. The average Bonchev–Trinajstić information content (AvgIpc) is 2.89. The van der Waals surface area contributed by atoms with Crippen molar-refractivity contribution in [3.05, 3.63) is 0 Å². The van der Waals surface area contributed by atoms with Crippen LogP contribution >= 0.6 is 0 Å². The number of hydrogen-bond donors (Lipinski definition) is 2. The van der Waals surface area contributed by atoms with Gasteiger partial charge in [0.1, 0.15) is 0 Å². The topological polar surface area (TPSA) is 72.9 Å². The van der Waals surface area contributed by atoms with Crippen LogP contribution < -0.4 is 5.32 Å². The number of carbonyl (C=O) groups excluding carboxylic acids is 1. The van der Waals surface area contributed by atoms with Crippen LogP contribution in [-0.4, -0.2) is 65.7 Å². The van der Waals surface area contributed by atoms with Crippen molar-refractivity contribution in [2.45, 2.75) is 45.6 Å². The molecule has 6 heteroatoms. The lowest BCUT2D eigenvalue weighted by molar-refractivity contribution is -0.147. The highest BCUT2D eigenvalue weighted by Crippen LogP contribution is 2.31. The van der Waals surface area contributed by atoms with Gasteiger partial charge in [0.15, 0.2) is 0 Å². The molecule has 120 valence electrons. The second-order valence-corrected chi connectivity index (χ2v) is 6.49. The SMILES string of the molecule is CCCN(C(=O)N1CCC(C)(C(=O)O)C1)C1CCNCC1. The maximum atomic E-state index is 12.8. The molecule has 0 aromatic carbocycles. The lowest BCUT2D eigenvalue weighted by atomic mass is 9.90. The van der Waals surface area contributed by atoms with E-state index in [2.05, 4.69) is 12.2 Å². The van der Waals surface area contributed by atoms with E-state index in [0.29, 0.717) is 19.5 Å². The Morgan fingerprint density at radius 1 is 1.38 bits per heavy atom. The first-order valence-corrected chi connectivity index (χ1v) is 7.97. The first-order chi connectivity index (χ1) is 9.98. The fraction of sp³-hybridized carbons (Fsp3) is 0.867. The molecule has 2 amide bonds. The van der Waals surface area contributed by atoms with E-state index in [1.165, 1.54) is 0 Å². The summed E-state index contributed by atoms with van der Waals surface area (Å²) in [6.07, 6.45) is 3.44. The number of nitrogens with one attached hydrogen (secondary N) is 1. The van der Waals surface area contributed by atoms with Crippen LogP contribution in [0.4, 0.5) is 4.79 Å². The summed E-state index contributed by atoms with van der Waals surface area (Å²) in [5, 5.41) is 12.6. The van der Waals surface area contributed by atoms with Crippen molar-refractivity contribution in [3.63, 3.8) is 0 Å². The Hall–Kier alpha value is -1.30. The summed E-state index contributed by atoms with van der Waals surface area (Å²) < 4.78 is 0. The second-order valence-electron chi connectivity index (χ2n) is 6.49. The molecular formula is C15H27N3O3. The fourth-order valence-electron chi connectivity index (χ4n) is 3.27. The molecule has 0 spiro atoms. The van der Waals surface area contributed by atoms with E-state index in [9.17, 15) is 14.7 Å². The third kappa shape index (κ3) is 3.48. The van der Waals surface area contributed by atoms with E-state index in [-0.39, 0.29) is 12.1 Å². The first kappa shape index (κ1) is 16.1. The fourth-order valence-corrected chi connectivity index (χ4v) is 3.27. The summed E-state index contributed by atoms with van der Waals surface area (Å²) in [7, 11) is 0. The van der Waals surface area contributed by atoms with Crippen molar-refractivity contribution in [3.8, 4) is 0 Å². The molecule has 1 atom stereocenters. The van der Waals surface area contributed by atoms with Gasteiger partial charge in [-0.15, -0.1) is 0 Å². The predicted molar refractivity (Wildman–Crippen MR) is 80.2 cm³/mol. The van der Waals surface area contributed by atoms with Gasteiger partial charge in [-0.05, 0) is 45.7 Å². The molecule has 1 unspecified atom stereocenters. The summed E-state index contributed by atoms with van der Waals surface area (Å²) in [5.74, 6) is -0.804. The van der Waals surface area contributed by atoms with Gasteiger partial charge in [0, 0.05) is 25.7 Å². The quantitative estimate of drug-likeness (QED) is 0.822. The highest BCUT2D eigenvalue weighted by molar-refractivity contribution is 5.79. The molecule has 2 fully saturated rings. The van der Waals surface area contributed by atoms with E-state index in [0.717, 1.165) is 38.9 Å². The number of carboxylic acids is 1. The van der Waals surface area contributed by atoms with Gasteiger partial charge in [0.2, 0.25) is 0 Å². The zero-order valence-electron chi connectivity index (χ0n) is 13.1. The van der Waals surface area contributed by atoms with Crippen LogP contribution in [0, 0.1) is 5.41 Å². The van der Waals surface area contributed by atoms with Crippen LogP contribution in [-0.2, 0) is 4.79 Å². The zero-order valence-corrected chi connectivity index (χ0v) is 13.1. The molecule has 2 saturated heterocycles. The predicted octanol–water partition coefficient (Wildman–Crippen LogP) is 1.37. The molecule has 21 heavy (non-hydrogen) atoms. The van der Waals surface area contributed by atoms with E-state index < -0.39 is 11.4 Å². The number of hydrogen-bond acceptors (Lipinski definition) is 3. The number of likely N-dealkylation sites (tertiary alicyclic amines) is 1. The van der Waals surface area contributed by atoms with Gasteiger partial charge < -0.3 is 20.2 Å². The number of carbonyl (C=O) groups is 2. The minimum absolute atomic E-state index is 0.0220. The number of piperidine rings is 1. The standard InChI is InChI=1S/C15H27N3O3/c1-3-9-18(12-4-7-16-8-5-12)14(21)17-10-6-15(2,11-17)13(19)20/h12,16H,3-11H2,1-2H3,(H,19,20). The van der Waals surface area contributed by atoms with Crippen molar-refractivity contribution in [2.75, 3.05) is 32.7 Å². The minimum atomic E-state index is -0.804. The van der Waals surface area contributed by atoms with Gasteiger partial charge >= 0.3 is 12.0 Å². The van der Waals surface area contributed by atoms with Crippen molar-refractivity contribution in [1.29, 1.82) is 0 Å². The van der Waals surface area contributed by atoms with Crippen molar-refractivity contribution in [1.82, 2.24) is 15.1 Å². The normalized spacial score (nSPS) is 26.9. The molecule has 0 aromatic rings. The Labute approximate surface area is 126 Å². The monoisotopic (exact) mass is 297 g/mol. The van der Waals surface area contributed by atoms with Crippen LogP contribution in [0.3, 0.4) is 0 Å². The number of urea groups is 1. The Balaban J connectivity index is 2.03. The molecule has 0 bridgehead atoms. The molecule has 0 saturated carbocycles. The maximum absolute atomic E-state index is 12.8. The Kier molecular flexibility index (Phi) is 5.08. The molecule has 2 N–H and O–H groups in total. The lowest BCUT2D eigenvalue weighted by Gasteiger charge is -2.37. The number of carboxylic acid groups (broad SMARTS) is 1.